The van der Waals surface area contributed by atoms with Crippen LogP contribution in [0.4, 0.5) is 4.39 Å². The molecule has 0 spiro atoms. The topological polar surface area (TPSA) is 52.3 Å². The lowest BCUT2D eigenvalue weighted by molar-refractivity contribution is -0.130. The maximum absolute atomic E-state index is 14.3. The Bertz CT molecular complexity index is 869. The number of carbonyl (C=O) groups is 1. The molecule has 0 aliphatic heterocycles. The van der Waals surface area contributed by atoms with E-state index in [1.807, 2.05) is 32.0 Å². The zero-order chi connectivity index (χ0) is 19.2. The van der Waals surface area contributed by atoms with E-state index in [1.165, 1.54) is 0 Å². The minimum atomic E-state index is -1.08. The van der Waals surface area contributed by atoms with Crippen molar-refractivity contribution in [3.63, 3.8) is 0 Å². The number of carbonyl (C=O) groups excluding carboxylic acids is 1. The number of rotatable bonds is 4. The molecule has 0 bridgehead atoms. The number of nitrogens with two attached hydrogens (primary N) is 1. The van der Waals surface area contributed by atoms with Crippen LogP contribution in [0.25, 0.3) is 11.1 Å². The molecule has 0 fully saturated rings. The summed E-state index contributed by atoms with van der Waals surface area (Å²) in [7, 11) is 0. The lowest BCUT2D eigenvalue weighted by Crippen LogP contribution is -2.43. The van der Waals surface area contributed by atoms with E-state index >= 15 is 0 Å². The first-order valence-electron chi connectivity index (χ1n) is 8.67. The second-order valence-electron chi connectivity index (χ2n) is 7.40. The molecule has 2 N–H and O–H groups in total. The van der Waals surface area contributed by atoms with Crippen LogP contribution in [0.2, 0.25) is 0 Å². The predicted molar refractivity (Wildman–Crippen MR) is 110 cm³/mol. The maximum atomic E-state index is 14.3. The molecular weight excluding hydrogens is 444 g/mol. The van der Waals surface area contributed by atoms with Crippen molar-refractivity contribution in [2.45, 2.75) is 50.1 Å². The third-order valence-electron chi connectivity index (χ3n) is 5.01. The van der Waals surface area contributed by atoms with Crippen LogP contribution in [0.3, 0.4) is 0 Å². The lowest BCUT2D eigenvalue weighted by atomic mass is 9.90. The number of fused-ring (bicyclic) bond motifs is 1. The smallest absolute Gasteiger partial charge is 0.261 e. The van der Waals surface area contributed by atoms with E-state index in [4.69, 9.17) is 10.5 Å². The highest BCUT2D eigenvalue weighted by Gasteiger charge is 2.29. The molecule has 0 saturated carbocycles. The maximum Gasteiger partial charge on any atom is 0.261 e. The monoisotopic (exact) mass is 467 g/mol. The number of amides is 1. The molecule has 3 nitrogen and oxygen atoms in total. The van der Waals surface area contributed by atoms with Gasteiger partial charge < -0.3 is 10.5 Å². The highest BCUT2D eigenvalue weighted by molar-refractivity contribution is 14.1. The van der Waals surface area contributed by atoms with Gasteiger partial charge in [0.05, 0.1) is 0 Å². The van der Waals surface area contributed by atoms with Crippen molar-refractivity contribution in [2.75, 3.05) is 0 Å². The van der Waals surface area contributed by atoms with Gasteiger partial charge in [0.1, 0.15) is 11.6 Å². The lowest BCUT2D eigenvalue weighted by Gasteiger charge is -2.24. The molecule has 1 unspecified atom stereocenters. The normalized spacial score (nSPS) is 16.5. The molecular formula is C21H23FINO2. The molecule has 0 radical (unpaired) electrons. The van der Waals surface area contributed by atoms with Crippen molar-refractivity contribution in [3.8, 4) is 16.9 Å². The van der Waals surface area contributed by atoms with E-state index in [0.29, 0.717) is 5.75 Å². The van der Waals surface area contributed by atoms with Crippen LogP contribution in [0.5, 0.6) is 5.75 Å². The van der Waals surface area contributed by atoms with Crippen molar-refractivity contribution < 1.29 is 13.9 Å². The number of alkyl halides is 1. The summed E-state index contributed by atoms with van der Waals surface area (Å²) in [5.41, 5.74) is 10.6. The Balaban J connectivity index is 2.08. The molecule has 0 saturated heterocycles. The molecule has 138 valence electrons. The molecule has 0 heterocycles. The summed E-state index contributed by atoms with van der Waals surface area (Å²) >= 11 is 2.32. The van der Waals surface area contributed by atoms with E-state index in [1.54, 1.807) is 19.9 Å². The standard InChI is InChI=1S/C21H23FINO2/c1-11-9-13(26-21(3,4)20(24)25)10-12(2)18(11)14-5-7-16(22)19-15(14)6-8-17(19)23/h5,7,9-10,17H,6,8H2,1-4H3,(H2,24,25). The summed E-state index contributed by atoms with van der Waals surface area (Å²) in [6, 6.07) is 7.29. The molecule has 5 heteroatoms. The second kappa shape index (κ2) is 6.83. The zero-order valence-corrected chi connectivity index (χ0v) is 17.6. The second-order valence-corrected chi connectivity index (χ2v) is 8.91. The summed E-state index contributed by atoms with van der Waals surface area (Å²) in [5.74, 6) is -0.0153. The summed E-state index contributed by atoms with van der Waals surface area (Å²) in [4.78, 5) is 11.5. The van der Waals surface area contributed by atoms with Gasteiger partial charge in [0.15, 0.2) is 5.60 Å². The number of hydrogen-bond acceptors (Lipinski definition) is 2. The van der Waals surface area contributed by atoms with Gasteiger partial charge in [0.2, 0.25) is 0 Å². The number of halogens is 2. The summed E-state index contributed by atoms with van der Waals surface area (Å²) in [6.07, 6.45) is 1.86. The van der Waals surface area contributed by atoms with Crippen LogP contribution < -0.4 is 10.5 Å². The molecule has 3 rings (SSSR count). The van der Waals surface area contributed by atoms with Gasteiger partial charge in [0, 0.05) is 9.49 Å². The minimum absolute atomic E-state index is 0.112. The van der Waals surface area contributed by atoms with Crippen molar-refractivity contribution >= 4 is 28.5 Å². The van der Waals surface area contributed by atoms with Crippen molar-refractivity contribution in [3.05, 3.63) is 52.3 Å². The average molecular weight is 467 g/mol. The van der Waals surface area contributed by atoms with E-state index in [9.17, 15) is 9.18 Å². The first-order chi connectivity index (χ1) is 12.1. The van der Waals surface area contributed by atoms with Gasteiger partial charge in [-0.15, -0.1) is 0 Å². The first-order valence-corrected chi connectivity index (χ1v) is 9.92. The van der Waals surface area contributed by atoms with Crippen LogP contribution in [0.1, 0.15) is 46.4 Å². The summed E-state index contributed by atoms with van der Waals surface area (Å²) in [6.45, 7) is 7.33. The van der Waals surface area contributed by atoms with Crippen LogP contribution in [0.15, 0.2) is 24.3 Å². The first kappa shape index (κ1) is 19.1. The van der Waals surface area contributed by atoms with E-state index in [0.717, 1.165) is 46.2 Å². The van der Waals surface area contributed by atoms with Crippen molar-refractivity contribution in [1.29, 1.82) is 0 Å². The van der Waals surface area contributed by atoms with Crippen molar-refractivity contribution in [2.24, 2.45) is 5.73 Å². The molecule has 0 aromatic heterocycles. The zero-order valence-electron chi connectivity index (χ0n) is 15.5. The van der Waals surface area contributed by atoms with Gasteiger partial charge in [-0.1, -0.05) is 28.7 Å². The Morgan fingerprint density at radius 1 is 1.27 bits per heavy atom. The molecule has 1 atom stereocenters. The van der Waals surface area contributed by atoms with Crippen LogP contribution in [-0.4, -0.2) is 11.5 Å². The third-order valence-corrected chi connectivity index (χ3v) is 6.25. The fraction of sp³-hybridized carbons (Fsp3) is 0.381. The largest absolute Gasteiger partial charge is 0.478 e. The number of primary amides is 1. The summed E-state index contributed by atoms with van der Waals surface area (Å²) < 4.78 is 20.3. The van der Waals surface area contributed by atoms with Gasteiger partial charge in [0.25, 0.3) is 5.91 Å². The molecule has 1 aliphatic rings. The Kier molecular flexibility index (Phi) is 5.03. The van der Waals surface area contributed by atoms with Gasteiger partial charge in [-0.05, 0) is 86.6 Å². The Hall–Kier alpha value is -1.63. The van der Waals surface area contributed by atoms with E-state index < -0.39 is 11.5 Å². The highest BCUT2D eigenvalue weighted by Crippen LogP contribution is 2.45. The molecule has 2 aromatic carbocycles. The SMILES string of the molecule is Cc1cc(OC(C)(C)C(N)=O)cc(C)c1-c1ccc(F)c2c1CCC2I. The van der Waals surface area contributed by atoms with E-state index in [-0.39, 0.29) is 9.74 Å². The summed E-state index contributed by atoms with van der Waals surface area (Å²) in [5, 5.41) is 0. The number of ether oxygens (including phenoxy) is 1. The van der Waals surface area contributed by atoms with Crippen LogP contribution >= 0.6 is 22.6 Å². The van der Waals surface area contributed by atoms with Gasteiger partial charge in [-0.3, -0.25) is 4.79 Å². The highest BCUT2D eigenvalue weighted by atomic mass is 127. The Labute approximate surface area is 167 Å². The van der Waals surface area contributed by atoms with Crippen molar-refractivity contribution in [1.82, 2.24) is 0 Å². The number of hydrogen-bond donors (Lipinski definition) is 1. The van der Waals surface area contributed by atoms with Crippen LogP contribution in [0, 0.1) is 19.7 Å². The Morgan fingerprint density at radius 2 is 1.88 bits per heavy atom. The molecule has 2 aromatic rings. The predicted octanol–water partition coefficient (Wildman–Crippen LogP) is 5.17. The minimum Gasteiger partial charge on any atom is -0.478 e. The molecule has 1 aliphatic carbocycles. The van der Waals surface area contributed by atoms with Gasteiger partial charge >= 0.3 is 0 Å². The fourth-order valence-corrected chi connectivity index (χ4v) is 4.63. The molecule has 26 heavy (non-hydrogen) atoms. The van der Waals surface area contributed by atoms with E-state index in [2.05, 4.69) is 22.6 Å². The molecule has 1 amide bonds. The third kappa shape index (κ3) is 3.33. The Morgan fingerprint density at radius 3 is 2.46 bits per heavy atom. The quantitative estimate of drug-likeness (QED) is 0.498. The average Bonchev–Trinajstić information content (AvgIpc) is 2.91. The van der Waals surface area contributed by atoms with Gasteiger partial charge in [-0.2, -0.15) is 0 Å². The fourth-order valence-electron chi connectivity index (χ4n) is 3.65. The van der Waals surface area contributed by atoms with Crippen LogP contribution in [-0.2, 0) is 11.2 Å². The number of aryl methyl sites for hydroxylation is 2. The number of benzene rings is 2. The van der Waals surface area contributed by atoms with Gasteiger partial charge in [-0.25, -0.2) is 4.39 Å².